The maximum atomic E-state index is 9.09. The van der Waals surface area contributed by atoms with E-state index in [1.54, 1.807) is 12.1 Å². The Kier molecular flexibility index (Phi) is 2.06. The van der Waals surface area contributed by atoms with Gasteiger partial charge in [-0.25, -0.2) is 0 Å². The molecule has 0 heterocycles. The minimum absolute atomic E-state index is 0.320. The Labute approximate surface area is 68.9 Å². The highest BCUT2D eigenvalue weighted by molar-refractivity contribution is 7.80. The first-order chi connectivity index (χ1) is 4.61. The summed E-state index contributed by atoms with van der Waals surface area (Å²) in [6.45, 7) is 2.02. The van der Waals surface area contributed by atoms with E-state index in [4.69, 9.17) is 5.11 Å². The number of hydrogen-bond donors (Lipinski definition) is 2. The van der Waals surface area contributed by atoms with Gasteiger partial charge in [-0.05, 0) is 24.6 Å². The summed E-state index contributed by atoms with van der Waals surface area (Å²) >= 11 is 4.20. The zero-order valence-corrected chi connectivity index (χ0v) is 8.94. The van der Waals surface area contributed by atoms with Crippen molar-refractivity contribution in [1.29, 1.82) is 0 Å². The van der Waals surface area contributed by atoms with Crippen LogP contribution in [0, 0.1) is 6.92 Å². The molecule has 0 aromatic heterocycles. The summed E-state index contributed by atoms with van der Waals surface area (Å²) in [6, 6.07) is 3.46. The van der Waals surface area contributed by atoms with Crippen LogP contribution in [0.15, 0.2) is 17.0 Å². The van der Waals surface area contributed by atoms with E-state index < -0.39 is 0 Å². The molecule has 1 nitrogen and oxygen atoms in total. The van der Waals surface area contributed by atoms with Gasteiger partial charge in [0.2, 0.25) is 0 Å². The van der Waals surface area contributed by atoms with Crippen molar-refractivity contribution in [3.05, 3.63) is 17.7 Å². The molecular formula is C7H10OSSi. The van der Waals surface area contributed by atoms with E-state index >= 15 is 0 Å². The molecule has 0 aliphatic rings. The zero-order valence-electron chi connectivity index (χ0n) is 6.05. The van der Waals surface area contributed by atoms with Crippen molar-refractivity contribution in [3.63, 3.8) is 0 Å². The molecule has 0 fully saturated rings. The molecule has 0 radical (unpaired) electrons. The smallest absolute Gasteiger partial charge is 0.116 e. The summed E-state index contributed by atoms with van der Waals surface area (Å²) in [5, 5.41) is 10.3. The lowest BCUT2D eigenvalue weighted by molar-refractivity contribution is 0.474. The summed E-state index contributed by atoms with van der Waals surface area (Å²) in [5.74, 6) is 0.320. The van der Waals surface area contributed by atoms with E-state index in [2.05, 4.69) is 12.6 Å². The molecule has 10 heavy (non-hydrogen) atoms. The number of aromatic hydroxyl groups is 1. The first-order valence-electron chi connectivity index (χ1n) is 3.10. The molecule has 1 rings (SSSR count). The van der Waals surface area contributed by atoms with Gasteiger partial charge >= 0.3 is 0 Å². The third kappa shape index (κ3) is 1.35. The van der Waals surface area contributed by atoms with Gasteiger partial charge in [0, 0.05) is 15.1 Å². The number of rotatable bonds is 0. The molecule has 0 unspecified atom stereocenters. The number of phenolic OH excluding ortho intramolecular Hbond substituents is 1. The van der Waals surface area contributed by atoms with Crippen LogP contribution in [-0.4, -0.2) is 15.3 Å². The number of hydrogen-bond acceptors (Lipinski definition) is 2. The molecule has 0 aliphatic heterocycles. The fourth-order valence-electron chi connectivity index (χ4n) is 0.822. The van der Waals surface area contributed by atoms with Crippen LogP contribution in [0.25, 0.3) is 0 Å². The van der Waals surface area contributed by atoms with E-state index in [9.17, 15) is 0 Å². The first-order valence-corrected chi connectivity index (χ1v) is 4.55. The molecule has 1 aromatic rings. The highest BCUT2D eigenvalue weighted by Gasteiger charge is 1.98. The monoisotopic (exact) mass is 170 g/mol. The van der Waals surface area contributed by atoms with Gasteiger partial charge in [-0.3, -0.25) is 0 Å². The number of thiol groups is 1. The van der Waals surface area contributed by atoms with Gasteiger partial charge < -0.3 is 5.11 Å². The molecule has 0 bridgehead atoms. The van der Waals surface area contributed by atoms with Crippen molar-refractivity contribution < 1.29 is 5.11 Å². The fourth-order valence-corrected chi connectivity index (χ4v) is 1.91. The normalized spacial score (nSPS) is 10.2. The lowest BCUT2D eigenvalue weighted by Crippen LogP contribution is -2.06. The van der Waals surface area contributed by atoms with E-state index in [1.165, 1.54) is 10.8 Å². The summed E-state index contributed by atoms with van der Waals surface area (Å²) in [4.78, 5) is 0.880. The van der Waals surface area contributed by atoms with Gasteiger partial charge in [0.1, 0.15) is 5.75 Å². The molecule has 3 heteroatoms. The summed E-state index contributed by atoms with van der Waals surface area (Å²) < 4.78 is 0. The van der Waals surface area contributed by atoms with Crippen molar-refractivity contribution in [3.8, 4) is 5.75 Å². The lowest BCUT2D eigenvalue weighted by atomic mass is 10.2. The van der Waals surface area contributed by atoms with Crippen LogP contribution in [0.3, 0.4) is 0 Å². The average molecular weight is 170 g/mol. The maximum Gasteiger partial charge on any atom is 0.116 e. The third-order valence-electron chi connectivity index (χ3n) is 1.62. The van der Waals surface area contributed by atoms with Gasteiger partial charge in [0.05, 0.1) is 0 Å². The second kappa shape index (κ2) is 2.68. The van der Waals surface area contributed by atoms with Crippen molar-refractivity contribution in [2.75, 3.05) is 0 Å². The number of benzene rings is 1. The highest BCUT2D eigenvalue weighted by Crippen LogP contribution is 2.16. The average Bonchev–Trinajstić information content (AvgIpc) is 1.82. The second-order valence-corrected chi connectivity index (χ2v) is 3.97. The fraction of sp³-hybridized carbons (Fsp3) is 0.143. The minimum atomic E-state index is 0.320. The Hall–Kier alpha value is -0.413. The molecule has 0 amide bonds. The standard InChI is InChI=1S/C7H10OSSi/c1-4-6(9)2-5(8)3-7(4)10/h2-3,8-9H,1,10H3. The molecule has 0 aliphatic carbocycles. The molecule has 0 saturated carbocycles. The minimum Gasteiger partial charge on any atom is -0.508 e. The van der Waals surface area contributed by atoms with E-state index in [0.717, 1.165) is 15.1 Å². The molecule has 1 N–H and O–H groups in total. The van der Waals surface area contributed by atoms with Crippen LogP contribution in [0.5, 0.6) is 5.75 Å². The van der Waals surface area contributed by atoms with Crippen LogP contribution < -0.4 is 5.19 Å². The second-order valence-electron chi connectivity index (χ2n) is 2.41. The Morgan fingerprint density at radius 1 is 1.50 bits per heavy atom. The van der Waals surface area contributed by atoms with Crippen LogP contribution >= 0.6 is 12.6 Å². The summed E-state index contributed by atoms with van der Waals surface area (Å²) in [6.07, 6.45) is 0. The number of phenols is 1. The predicted molar refractivity (Wildman–Crippen MR) is 49.7 cm³/mol. The van der Waals surface area contributed by atoms with Crippen LogP contribution in [-0.2, 0) is 0 Å². The van der Waals surface area contributed by atoms with E-state index in [-0.39, 0.29) is 0 Å². The van der Waals surface area contributed by atoms with Gasteiger partial charge in [-0.2, -0.15) is 0 Å². The van der Waals surface area contributed by atoms with Gasteiger partial charge in [0.15, 0.2) is 0 Å². The van der Waals surface area contributed by atoms with Crippen LogP contribution in [0.4, 0.5) is 0 Å². The largest absolute Gasteiger partial charge is 0.508 e. The van der Waals surface area contributed by atoms with Crippen molar-refractivity contribution >= 4 is 28.1 Å². The SMILES string of the molecule is Cc1c([SiH3])cc(O)cc1S. The van der Waals surface area contributed by atoms with Gasteiger partial charge in [-0.1, -0.05) is 5.19 Å². The summed E-state index contributed by atoms with van der Waals surface area (Å²) in [7, 11) is 0.964. The highest BCUT2D eigenvalue weighted by atomic mass is 32.1. The zero-order chi connectivity index (χ0) is 7.72. The Bertz CT molecular complexity index is 237. The quantitative estimate of drug-likeness (QED) is 0.414. The van der Waals surface area contributed by atoms with Crippen LogP contribution in [0.1, 0.15) is 5.56 Å². The Morgan fingerprint density at radius 2 is 2.10 bits per heavy atom. The van der Waals surface area contributed by atoms with Gasteiger partial charge in [0.25, 0.3) is 0 Å². The lowest BCUT2D eigenvalue weighted by Gasteiger charge is -2.03. The van der Waals surface area contributed by atoms with Crippen LogP contribution in [0.2, 0.25) is 0 Å². The molecule has 0 spiro atoms. The maximum absolute atomic E-state index is 9.09. The van der Waals surface area contributed by atoms with Gasteiger partial charge in [-0.15, -0.1) is 12.6 Å². The Morgan fingerprint density at radius 3 is 2.60 bits per heavy atom. The molecule has 1 aromatic carbocycles. The topological polar surface area (TPSA) is 20.2 Å². The predicted octanol–water partition coefficient (Wildman–Crippen LogP) is -0.0200. The van der Waals surface area contributed by atoms with Crippen molar-refractivity contribution in [2.45, 2.75) is 11.8 Å². The molecule has 54 valence electrons. The molecule has 0 saturated heterocycles. The van der Waals surface area contributed by atoms with Crippen molar-refractivity contribution in [2.24, 2.45) is 0 Å². The third-order valence-corrected chi connectivity index (χ3v) is 3.13. The van der Waals surface area contributed by atoms with E-state index in [0.29, 0.717) is 5.75 Å². The summed E-state index contributed by atoms with van der Waals surface area (Å²) in [5.41, 5.74) is 1.19. The molecular weight excluding hydrogens is 160 g/mol. The van der Waals surface area contributed by atoms with E-state index in [1.807, 2.05) is 6.92 Å². The first kappa shape index (κ1) is 7.69. The Balaban J connectivity index is 3.31. The van der Waals surface area contributed by atoms with Crippen molar-refractivity contribution in [1.82, 2.24) is 0 Å². The molecule has 0 atom stereocenters.